The van der Waals surface area contributed by atoms with E-state index in [2.05, 4.69) is 27.9 Å². The second kappa shape index (κ2) is 7.16. The van der Waals surface area contributed by atoms with Gasteiger partial charge in [0.05, 0.1) is 17.7 Å². The Morgan fingerprint density at radius 3 is 2.70 bits per heavy atom. The first-order chi connectivity index (χ1) is 11.1. The van der Waals surface area contributed by atoms with Gasteiger partial charge < -0.3 is 14.6 Å². The third-order valence-corrected chi connectivity index (χ3v) is 4.68. The molecule has 23 heavy (non-hydrogen) atoms. The van der Waals surface area contributed by atoms with E-state index in [-0.39, 0.29) is 17.7 Å². The van der Waals surface area contributed by atoms with Gasteiger partial charge in [0.1, 0.15) is 6.26 Å². The maximum atomic E-state index is 12.4. The summed E-state index contributed by atoms with van der Waals surface area (Å²) in [5, 5.41) is 2.93. The van der Waals surface area contributed by atoms with Crippen LogP contribution in [0.2, 0.25) is 0 Å². The largest absolute Gasteiger partial charge is 0.472 e. The van der Waals surface area contributed by atoms with E-state index < -0.39 is 0 Å². The molecule has 120 valence electrons. The Labute approximate surface area is 148 Å². The fourth-order valence-electron chi connectivity index (χ4n) is 2.72. The zero-order valence-corrected chi connectivity index (χ0v) is 14.7. The summed E-state index contributed by atoms with van der Waals surface area (Å²) < 4.78 is 6.08. The van der Waals surface area contributed by atoms with Gasteiger partial charge in [0.25, 0.3) is 5.91 Å². The van der Waals surface area contributed by atoms with Gasteiger partial charge >= 0.3 is 0 Å². The zero-order valence-electron chi connectivity index (χ0n) is 12.5. The molecule has 0 aliphatic carbocycles. The maximum Gasteiger partial charge on any atom is 0.257 e. The maximum absolute atomic E-state index is 12.4. The van der Waals surface area contributed by atoms with Crippen molar-refractivity contribution in [3.8, 4) is 0 Å². The van der Waals surface area contributed by atoms with E-state index >= 15 is 0 Å². The standard InChI is InChI=1S/C17H17IN2O3/c18-14-3-5-15(6-4-14)19-16(21)12-2-1-8-20(10-12)17(22)13-7-9-23-11-13/h3-7,9,11-12H,1-2,8,10H2,(H,19,21). The third-order valence-electron chi connectivity index (χ3n) is 3.96. The second-order valence-corrected chi connectivity index (χ2v) is 6.84. The van der Waals surface area contributed by atoms with Crippen molar-refractivity contribution in [2.45, 2.75) is 12.8 Å². The number of nitrogens with zero attached hydrogens (tertiary/aromatic N) is 1. The summed E-state index contributed by atoms with van der Waals surface area (Å²) in [5.41, 5.74) is 1.32. The molecule has 1 saturated heterocycles. The fourth-order valence-corrected chi connectivity index (χ4v) is 3.08. The number of rotatable bonds is 3. The van der Waals surface area contributed by atoms with Gasteiger partial charge in [-0.2, -0.15) is 0 Å². The van der Waals surface area contributed by atoms with Crippen LogP contribution in [0.25, 0.3) is 0 Å². The summed E-state index contributed by atoms with van der Waals surface area (Å²) in [4.78, 5) is 26.5. The molecular weight excluding hydrogens is 407 g/mol. The number of carbonyl (C=O) groups excluding carboxylic acids is 2. The van der Waals surface area contributed by atoms with E-state index in [4.69, 9.17) is 4.42 Å². The van der Waals surface area contributed by atoms with Gasteiger partial charge in [0.2, 0.25) is 5.91 Å². The van der Waals surface area contributed by atoms with E-state index in [1.165, 1.54) is 12.5 Å². The highest BCUT2D eigenvalue weighted by atomic mass is 127. The molecule has 1 aliphatic heterocycles. The summed E-state index contributed by atoms with van der Waals surface area (Å²) in [6.45, 7) is 1.12. The molecule has 1 atom stereocenters. The number of piperidine rings is 1. The predicted molar refractivity (Wildman–Crippen MR) is 95.1 cm³/mol. The van der Waals surface area contributed by atoms with Gasteiger partial charge in [0, 0.05) is 22.3 Å². The van der Waals surface area contributed by atoms with Crippen LogP contribution in [0.4, 0.5) is 5.69 Å². The first-order valence-corrected chi connectivity index (χ1v) is 8.59. The molecule has 0 spiro atoms. The van der Waals surface area contributed by atoms with E-state index in [1.807, 2.05) is 24.3 Å². The lowest BCUT2D eigenvalue weighted by Crippen LogP contribution is -2.43. The molecule has 1 aliphatic rings. The van der Waals surface area contributed by atoms with Crippen molar-refractivity contribution in [1.82, 2.24) is 4.90 Å². The molecule has 5 nitrogen and oxygen atoms in total. The van der Waals surface area contributed by atoms with Crippen LogP contribution in [0.1, 0.15) is 23.2 Å². The van der Waals surface area contributed by atoms with Crippen molar-refractivity contribution in [2.75, 3.05) is 18.4 Å². The highest BCUT2D eigenvalue weighted by Crippen LogP contribution is 2.21. The molecule has 1 fully saturated rings. The normalized spacial score (nSPS) is 17.8. The molecule has 2 aromatic rings. The van der Waals surface area contributed by atoms with Crippen LogP contribution in [-0.4, -0.2) is 29.8 Å². The van der Waals surface area contributed by atoms with Gasteiger partial charge in [-0.3, -0.25) is 9.59 Å². The molecule has 1 aromatic heterocycles. The quantitative estimate of drug-likeness (QED) is 0.769. The summed E-state index contributed by atoms with van der Waals surface area (Å²) in [6, 6.07) is 9.32. The molecule has 3 rings (SSSR count). The van der Waals surface area contributed by atoms with Gasteiger partial charge in [-0.1, -0.05) is 0 Å². The number of hydrogen-bond acceptors (Lipinski definition) is 3. The number of anilines is 1. The molecule has 2 heterocycles. The number of amides is 2. The average molecular weight is 424 g/mol. The van der Waals surface area contributed by atoms with Crippen LogP contribution in [0.3, 0.4) is 0 Å². The molecule has 0 radical (unpaired) electrons. The van der Waals surface area contributed by atoms with E-state index in [0.29, 0.717) is 18.7 Å². The molecule has 0 saturated carbocycles. The topological polar surface area (TPSA) is 62.6 Å². The Kier molecular flexibility index (Phi) is 5.00. The van der Waals surface area contributed by atoms with E-state index in [0.717, 1.165) is 22.1 Å². The van der Waals surface area contributed by atoms with Crippen molar-refractivity contribution in [3.05, 3.63) is 52.0 Å². The van der Waals surface area contributed by atoms with Crippen LogP contribution in [0.15, 0.2) is 47.3 Å². The highest BCUT2D eigenvalue weighted by molar-refractivity contribution is 14.1. The second-order valence-electron chi connectivity index (χ2n) is 5.60. The van der Waals surface area contributed by atoms with Gasteiger partial charge in [0.15, 0.2) is 0 Å². The van der Waals surface area contributed by atoms with Crippen molar-refractivity contribution in [2.24, 2.45) is 5.92 Å². The summed E-state index contributed by atoms with van der Waals surface area (Å²) in [7, 11) is 0. The number of furan rings is 1. The molecular formula is C17H17IN2O3. The van der Waals surface area contributed by atoms with Crippen molar-refractivity contribution in [1.29, 1.82) is 0 Å². The van der Waals surface area contributed by atoms with Crippen LogP contribution in [0, 0.1) is 9.49 Å². The lowest BCUT2D eigenvalue weighted by atomic mass is 9.96. The monoisotopic (exact) mass is 424 g/mol. The SMILES string of the molecule is O=C(Nc1ccc(I)cc1)C1CCCN(C(=O)c2ccoc2)C1. The zero-order chi connectivity index (χ0) is 16.2. The third kappa shape index (κ3) is 3.93. The smallest absolute Gasteiger partial charge is 0.257 e. The average Bonchev–Trinajstić information content (AvgIpc) is 3.11. The number of carbonyl (C=O) groups is 2. The van der Waals surface area contributed by atoms with Crippen molar-refractivity contribution < 1.29 is 14.0 Å². The molecule has 6 heteroatoms. The van der Waals surface area contributed by atoms with Crippen LogP contribution in [0.5, 0.6) is 0 Å². The Balaban J connectivity index is 1.62. The molecule has 2 amide bonds. The van der Waals surface area contributed by atoms with Crippen molar-refractivity contribution in [3.63, 3.8) is 0 Å². The summed E-state index contributed by atoms with van der Waals surface area (Å²) in [5.74, 6) is -0.291. The summed E-state index contributed by atoms with van der Waals surface area (Å²) >= 11 is 2.22. The Hall–Kier alpha value is -1.83. The Morgan fingerprint density at radius 2 is 2.00 bits per heavy atom. The molecule has 1 unspecified atom stereocenters. The van der Waals surface area contributed by atoms with Crippen LogP contribution < -0.4 is 5.32 Å². The predicted octanol–water partition coefficient (Wildman–Crippen LogP) is 3.38. The minimum atomic E-state index is -0.182. The fraction of sp³-hybridized carbons (Fsp3) is 0.294. The van der Waals surface area contributed by atoms with Gasteiger partial charge in [-0.15, -0.1) is 0 Å². The number of hydrogen-bond donors (Lipinski definition) is 1. The number of nitrogens with one attached hydrogen (secondary N) is 1. The lowest BCUT2D eigenvalue weighted by Gasteiger charge is -2.31. The van der Waals surface area contributed by atoms with Crippen molar-refractivity contribution >= 4 is 40.1 Å². The molecule has 1 N–H and O–H groups in total. The highest BCUT2D eigenvalue weighted by Gasteiger charge is 2.29. The molecule has 1 aromatic carbocycles. The van der Waals surface area contributed by atoms with Crippen LogP contribution in [-0.2, 0) is 4.79 Å². The van der Waals surface area contributed by atoms with Gasteiger partial charge in [-0.05, 0) is 65.8 Å². The number of halogens is 1. The first-order valence-electron chi connectivity index (χ1n) is 7.51. The minimum Gasteiger partial charge on any atom is -0.472 e. The Morgan fingerprint density at radius 1 is 1.22 bits per heavy atom. The minimum absolute atomic E-state index is 0.0316. The summed E-state index contributed by atoms with van der Waals surface area (Å²) in [6.07, 6.45) is 4.55. The van der Waals surface area contributed by atoms with E-state index in [1.54, 1.807) is 11.0 Å². The first kappa shape index (κ1) is 16.0. The molecule has 0 bridgehead atoms. The number of benzene rings is 1. The lowest BCUT2D eigenvalue weighted by molar-refractivity contribution is -0.121. The van der Waals surface area contributed by atoms with E-state index in [9.17, 15) is 9.59 Å². The van der Waals surface area contributed by atoms with Gasteiger partial charge in [-0.25, -0.2) is 0 Å². The Bertz CT molecular complexity index is 682. The number of likely N-dealkylation sites (tertiary alicyclic amines) is 1. The van der Waals surface area contributed by atoms with Crippen LogP contribution >= 0.6 is 22.6 Å².